The third kappa shape index (κ3) is 3.07. The van der Waals surface area contributed by atoms with E-state index in [1.54, 1.807) is 4.90 Å². The lowest BCUT2D eigenvalue weighted by Gasteiger charge is -2.25. The van der Waals surface area contributed by atoms with Crippen molar-refractivity contribution < 1.29 is 17.2 Å². The van der Waals surface area contributed by atoms with Crippen molar-refractivity contribution in [3.05, 3.63) is 34.3 Å². The number of benzene rings is 1. The molecule has 0 amide bonds. The van der Waals surface area contributed by atoms with Crippen LogP contribution in [0.4, 0.5) is 19.6 Å². The van der Waals surface area contributed by atoms with E-state index >= 15 is 0 Å². The molecule has 1 saturated heterocycles. The number of hydrogen-bond donors (Lipinski definition) is 1. The van der Waals surface area contributed by atoms with E-state index in [-0.39, 0.29) is 16.9 Å². The van der Waals surface area contributed by atoms with Gasteiger partial charge >= 0.3 is 0 Å². The summed E-state index contributed by atoms with van der Waals surface area (Å²) in [5.41, 5.74) is 0.171. The van der Waals surface area contributed by atoms with Gasteiger partial charge in [-0.15, -0.1) is 11.3 Å². The van der Waals surface area contributed by atoms with Gasteiger partial charge in [0.2, 0.25) is 0 Å². The van der Waals surface area contributed by atoms with Gasteiger partial charge in [-0.2, -0.15) is 0 Å². The minimum Gasteiger partial charge on any atom is -0.367 e. The number of halogens is 3. The van der Waals surface area contributed by atoms with E-state index in [1.807, 2.05) is 11.6 Å². The second kappa shape index (κ2) is 6.45. The topological polar surface area (TPSA) is 62.3 Å². The van der Waals surface area contributed by atoms with E-state index in [0.29, 0.717) is 6.54 Å². The third-order valence-corrected chi connectivity index (χ3v) is 6.43. The average molecular weight is 394 g/mol. The smallest absolute Gasteiger partial charge is 0.269 e. The Labute approximate surface area is 147 Å². The van der Waals surface area contributed by atoms with Crippen LogP contribution < -0.4 is 9.62 Å². The Hall–Kier alpha value is -1.45. The molecule has 1 atom stereocenters. The van der Waals surface area contributed by atoms with E-state index in [0.717, 1.165) is 30.2 Å². The first-order chi connectivity index (χ1) is 11.3. The van der Waals surface area contributed by atoms with E-state index in [9.17, 15) is 17.2 Å². The summed E-state index contributed by atoms with van der Waals surface area (Å²) in [4.78, 5) is 4.42. The molecular formula is C14H14ClF2N3O2S2. The van der Waals surface area contributed by atoms with Crippen LogP contribution in [-0.4, -0.2) is 26.0 Å². The fraction of sp³-hybridized carbons (Fsp3) is 0.357. The van der Waals surface area contributed by atoms with Crippen LogP contribution in [0.5, 0.6) is 0 Å². The molecule has 5 nitrogen and oxygen atoms in total. The maximum absolute atomic E-state index is 14.6. The van der Waals surface area contributed by atoms with Crippen LogP contribution in [0, 0.1) is 11.6 Å². The normalized spacial score (nSPS) is 18.2. The molecule has 1 aromatic carbocycles. The number of nitrogens with zero attached hydrogens (tertiary/aromatic N) is 2. The summed E-state index contributed by atoms with van der Waals surface area (Å²) in [5, 5.41) is 1.15. The monoisotopic (exact) mass is 393 g/mol. The maximum atomic E-state index is 14.6. The van der Waals surface area contributed by atoms with Crippen molar-refractivity contribution >= 4 is 43.8 Å². The Morgan fingerprint density at radius 1 is 1.46 bits per heavy atom. The second-order valence-corrected chi connectivity index (χ2v) is 8.35. The summed E-state index contributed by atoms with van der Waals surface area (Å²) in [6.45, 7) is 2.54. The molecule has 0 bridgehead atoms. The fourth-order valence-electron chi connectivity index (χ4n) is 2.75. The van der Waals surface area contributed by atoms with Crippen LogP contribution in [-0.2, 0) is 10.0 Å². The van der Waals surface area contributed by atoms with Gasteiger partial charge in [-0.25, -0.2) is 22.2 Å². The minimum atomic E-state index is -4.48. The van der Waals surface area contributed by atoms with E-state index < -0.39 is 31.6 Å². The summed E-state index contributed by atoms with van der Waals surface area (Å²) in [7, 11) is -4.48. The molecule has 0 unspecified atom stereocenters. The summed E-state index contributed by atoms with van der Waals surface area (Å²) < 4.78 is 55.7. The van der Waals surface area contributed by atoms with Crippen LogP contribution in [0.2, 0.25) is 5.02 Å². The molecule has 130 valence electrons. The van der Waals surface area contributed by atoms with Crippen LogP contribution in [0.25, 0.3) is 0 Å². The highest BCUT2D eigenvalue weighted by Gasteiger charge is 2.32. The molecule has 0 saturated carbocycles. The van der Waals surface area contributed by atoms with Crippen molar-refractivity contribution in [2.24, 2.45) is 0 Å². The number of anilines is 2. The lowest BCUT2D eigenvalue weighted by Crippen LogP contribution is -2.27. The van der Waals surface area contributed by atoms with Crippen molar-refractivity contribution in [3.63, 3.8) is 0 Å². The summed E-state index contributed by atoms with van der Waals surface area (Å²) >= 11 is 7.01. The van der Waals surface area contributed by atoms with Crippen molar-refractivity contribution in [2.45, 2.75) is 30.7 Å². The van der Waals surface area contributed by atoms with Crippen molar-refractivity contribution in [1.82, 2.24) is 4.98 Å². The van der Waals surface area contributed by atoms with Crippen molar-refractivity contribution in [2.75, 3.05) is 16.2 Å². The van der Waals surface area contributed by atoms with E-state index in [4.69, 9.17) is 11.6 Å². The molecule has 1 aliphatic rings. The van der Waals surface area contributed by atoms with Gasteiger partial charge in [-0.3, -0.25) is 4.72 Å². The van der Waals surface area contributed by atoms with E-state index in [2.05, 4.69) is 4.98 Å². The second-order valence-electron chi connectivity index (χ2n) is 5.46. The SMILES string of the molecule is C[C@H]1CCCN1c1cc(F)c(S(=O)(=O)Nc2nccs2)c(F)c1Cl. The van der Waals surface area contributed by atoms with Crippen LogP contribution in [0.3, 0.4) is 0 Å². The molecular weight excluding hydrogens is 380 g/mol. The first-order valence-electron chi connectivity index (χ1n) is 7.17. The Bertz CT molecular complexity index is 859. The van der Waals surface area contributed by atoms with Gasteiger partial charge in [-0.05, 0) is 19.8 Å². The Kier molecular flexibility index (Phi) is 4.67. The summed E-state index contributed by atoms with van der Waals surface area (Å²) in [5.74, 6) is -2.48. The Balaban J connectivity index is 2.05. The van der Waals surface area contributed by atoms with Crippen LogP contribution >= 0.6 is 22.9 Å². The molecule has 10 heteroatoms. The molecule has 0 radical (unpaired) electrons. The highest BCUT2D eigenvalue weighted by molar-refractivity contribution is 7.93. The van der Waals surface area contributed by atoms with Gasteiger partial charge in [0.1, 0.15) is 10.8 Å². The molecule has 2 heterocycles. The predicted octanol–water partition coefficient (Wildman–Crippen LogP) is 3.86. The zero-order valence-corrected chi connectivity index (χ0v) is 15.0. The highest BCUT2D eigenvalue weighted by atomic mass is 35.5. The number of nitrogens with one attached hydrogen (secondary N) is 1. The molecule has 2 aromatic rings. The van der Waals surface area contributed by atoms with Crippen LogP contribution in [0.1, 0.15) is 19.8 Å². The first kappa shape index (κ1) is 17.4. The van der Waals surface area contributed by atoms with Crippen LogP contribution in [0.15, 0.2) is 22.5 Å². The Morgan fingerprint density at radius 2 is 2.21 bits per heavy atom. The summed E-state index contributed by atoms with van der Waals surface area (Å²) in [6.07, 6.45) is 3.14. The molecule has 1 aliphatic heterocycles. The van der Waals surface area contributed by atoms with Crippen molar-refractivity contribution in [1.29, 1.82) is 0 Å². The number of rotatable bonds is 4. The molecule has 0 spiro atoms. The zero-order valence-electron chi connectivity index (χ0n) is 12.6. The van der Waals surface area contributed by atoms with Gasteiger partial charge in [0.05, 0.1) is 5.69 Å². The molecule has 3 rings (SSSR count). The quantitative estimate of drug-likeness (QED) is 0.801. The van der Waals surface area contributed by atoms with Gasteiger partial charge < -0.3 is 4.90 Å². The Morgan fingerprint density at radius 3 is 2.79 bits per heavy atom. The van der Waals surface area contributed by atoms with Crippen molar-refractivity contribution in [3.8, 4) is 0 Å². The van der Waals surface area contributed by atoms with E-state index in [1.165, 1.54) is 11.6 Å². The molecule has 0 aliphatic carbocycles. The van der Waals surface area contributed by atoms with Gasteiger partial charge in [0.15, 0.2) is 15.8 Å². The lowest BCUT2D eigenvalue weighted by atomic mass is 10.2. The number of thiazole rings is 1. The molecule has 1 aromatic heterocycles. The zero-order chi connectivity index (χ0) is 17.5. The average Bonchev–Trinajstić information content (AvgIpc) is 3.14. The minimum absolute atomic E-state index is 0.0159. The fourth-order valence-corrected chi connectivity index (χ4v) is 5.00. The number of aromatic nitrogens is 1. The van der Waals surface area contributed by atoms with Gasteiger partial charge in [0.25, 0.3) is 10.0 Å². The summed E-state index contributed by atoms with van der Waals surface area (Å²) in [6, 6.07) is 1.06. The third-order valence-electron chi connectivity index (χ3n) is 3.88. The standard InChI is InChI=1S/C14H14ClF2N3O2S2/c1-8-3-2-5-20(8)10-7-9(16)13(12(17)11(10)15)24(21,22)19-14-18-4-6-23-14/h4,6-8H,2-3,5H2,1H3,(H,18,19)/t8-/m0/s1. The first-order valence-corrected chi connectivity index (χ1v) is 9.92. The largest absolute Gasteiger partial charge is 0.367 e. The molecule has 1 fully saturated rings. The lowest BCUT2D eigenvalue weighted by molar-refractivity contribution is 0.520. The predicted molar refractivity (Wildman–Crippen MR) is 90.3 cm³/mol. The van der Waals surface area contributed by atoms with Gasteiger partial charge in [-0.1, -0.05) is 11.6 Å². The highest BCUT2D eigenvalue weighted by Crippen LogP contribution is 2.38. The number of sulfonamides is 1. The molecule has 24 heavy (non-hydrogen) atoms. The van der Waals surface area contributed by atoms with Gasteiger partial charge in [0, 0.05) is 30.2 Å². The maximum Gasteiger partial charge on any atom is 0.269 e. The number of hydrogen-bond acceptors (Lipinski definition) is 5. The molecule has 1 N–H and O–H groups in total.